The van der Waals surface area contributed by atoms with E-state index < -0.39 is 0 Å². The fraction of sp³-hybridized carbons (Fsp3) is 0.474. The summed E-state index contributed by atoms with van der Waals surface area (Å²) in [5.41, 5.74) is 3.50. The van der Waals surface area contributed by atoms with E-state index >= 15 is 0 Å². The van der Waals surface area contributed by atoms with Gasteiger partial charge in [-0.3, -0.25) is 4.98 Å². The number of thioether (sulfide) groups is 1. The van der Waals surface area contributed by atoms with Gasteiger partial charge in [-0.25, -0.2) is 0 Å². The van der Waals surface area contributed by atoms with Crippen LogP contribution in [0.25, 0.3) is 10.9 Å². The summed E-state index contributed by atoms with van der Waals surface area (Å²) in [6, 6.07) is 8.31. The molecule has 1 aromatic carbocycles. The van der Waals surface area contributed by atoms with Gasteiger partial charge in [0.05, 0.1) is 18.7 Å². The van der Waals surface area contributed by atoms with Crippen LogP contribution in [-0.4, -0.2) is 17.8 Å². The molecule has 0 aliphatic carbocycles. The van der Waals surface area contributed by atoms with Gasteiger partial charge in [-0.05, 0) is 55.7 Å². The van der Waals surface area contributed by atoms with Gasteiger partial charge in [0.25, 0.3) is 0 Å². The van der Waals surface area contributed by atoms with Gasteiger partial charge in [-0.15, -0.1) is 24.2 Å². The summed E-state index contributed by atoms with van der Waals surface area (Å²) >= 11 is 1.85. The highest BCUT2D eigenvalue weighted by Crippen LogP contribution is 2.35. The van der Waals surface area contributed by atoms with Crippen molar-refractivity contribution >= 4 is 35.1 Å². The van der Waals surface area contributed by atoms with E-state index in [0.29, 0.717) is 6.42 Å². The van der Waals surface area contributed by atoms with Gasteiger partial charge in [-0.2, -0.15) is 5.26 Å². The maximum atomic E-state index is 8.73. The number of hydrogen-bond acceptors (Lipinski definition) is 4. The van der Waals surface area contributed by atoms with Crippen molar-refractivity contribution in [2.45, 2.75) is 50.8 Å². The smallest absolute Gasteiger partial charge is 0.119 e. The summed E-state index contributed by atoms with van der Waals surface area (Å²) in [6.45, 7) is 4.32. The second kappa shape index (κ2) is 10.4. The van der Waals surface area contributed by atoms with E-state index in [1.165, 1.54) is 28.7 Å². The lowest BCUT2D eigenvalue weighted by molar-refractivity contribution is 0.415. The van der Waals surface area contributed by atoms with Crippen LogP contribution in [0, 0.1) is 18.3 Å². The Labute approximate surface area is 155 Å². The van der Waals surface area contributed by atoms with Crippen LogP contribution in [-0.2, 0) is 6.42 Å². The van der Waals surface area contributed by atoms with E-state index in [9.17, 15) is 0 Å². The molecule has 24 heavy (non-hydrogen) atoms. The maximum absolute atomic E-state index is 8.73. The number of benzene rings is 1. The molecule has 0 atom stereocenters. The Hall–Kier alpha value is -1.44. The quantitative estimate of drug-likeness (QED) is 0.444. The zero-order valence-electron chi connectivity index (χ0n) is 14.6. The number of hydrogen-bond donors (Lipinski definition) is 0. The molecule has 1 heterocycles. The summed E-state index contributed by atoms with van der Waals surface area (Å²) in [5, 5.41) is 9.90. The SMILES string of the molecule is CCCCc1c(C)nc2ccc(OC)cc2c1SCCCC#N.Cl. The molecular weight excluding hydrogens is 340 g/mol. The van der Waals surface area contributed by atoms with Gasteiger partial charge in [0, 0.05) is 22.4 Å². The van der Waals surface area contributed by atoms with Crippen LogP contribution in [0.5, 0.6) is 5.75 Å². The monoisotopic (exact) mass is 364 g/mol. The molecule has 0 spiro atoms. The molecule has 3 nitrogen and oxygen atoms in total. The molecule has 0 saturated heterocycles. The molecule has 0 saturated carbocycles. The normalized spacial score (nSPS) is 10.2. The van der Waals surface area contributed by atoms with Gasteiger partial charge < -0.3 is 4.74 Å². The standard InChI is InChI=1S/C19H24N2OS.ClH/c1-4-5-8-16-14(2)21-18-10-9-15(22-3)13-17(18)19(16)23-12-7-6-11-20;/h9-10,13H,4-8,12H2,1-3H3;1H. The first-order valence-corrected chi connectivity index (χ1v) is 9.16. The molecule has 1 aromatic heterocycles. The molecule has 0 aliphatic rings. The van der Waals surface area contributed by atoms with Crippen molar-refractivity contribution in [2.24, 2.45) is 0 Å². The number of rotatable bonds is 8. The molecule has 130 valence electrons. The fourth-order valence-corrected chi connectivity index (χ4v) is 3.87. The molecule has 0 N–H and O–H groups in total. The predicted octanol–water partition coefficient (Wildman–Crippen LogP) is 5.71. The van der Waals surface area contributed by atoms with E-state index in [0.717, 1.165) is 35.6 Å². The van der Waals surface area contributed by atoms with Crippen LogP contribution in [0.2, 0.25) is 0 Å². The number of aromatic nitrogens is 1. The Balaban J connectivity index is 0.00000288. The first kappa shape index (κ1) is 20.6. The molecule has 0 unspecified atom stereocenters. The highest BCUT2D eigenvalue weighted by atomic mass is 35.5. The molecule has 0 bridgehead atoms. The van der Waals surface area contributed by atoms with Crippen molar-refractivity contribution in [3.05, 3.63) is 29.5 Å². The Bertz CT molecular complexity index is 713. The molecule has 0 radical (unpaired) electrons. The highest BCUT2D eigenvalue weighted by molar-refractivity contribution is 7.99. The third-order valence-corrected chi connectivity index (χ3v) is 5.15. The second-order valence-corrected chi connectivity index (χ2v) is 6.71. The topological polar surface area (TPSA) is 45.9 Å². The third-order valence-electron chi connectivity index (χ3n) is 3.91. The minimum absolute atomic E-state index is 0. The first-order chi connectivity index (χ1) is 11.2. The average Bonchev–Trinajstić information content (AvgIpc) is 2.57. The van der Waals surface area contributed by atoms with E-state index in [1.807, 2.05) is 23.9 Å². The van der Waals surface area contributed by atoms with Crippen molar-refractivity contribution in [1.82, 2.24) is 4.98 Å². The molecular formula is C19H25ClN2OS. The zero-order valence-corrected chi connectivity index (χ0v) is 16.2. The number of nitrogens with zero attached hydrogens (tertiary/aromatic N) is 2. The summed E-state index contributed by atoms with van der Waals surface area (Å²) < 4.78 is 5.39. The zero-order chi connectivity index (χ0) is 16.7. The van der Waals surface area contributed by atoms with Gasteiger partial charge in [-0.1, -0.05) is 13.3 Å². The summed E-state index contributed by atoms with van der Waals surface area (Å²) in [4.78, 5) is 6.11. The lowest BCUT2D eigenvalue weighted by Crippen LogP contribution is -1.99. The second-order valence-electron chi connectivity index (χ2n) is 5.60. The number of halogens is 1. The number of aryl methyl sites for hydroxylation is 1. The minimum atomic E-state index is 0. The fourth-order valence-electron chi connectivity index (χ4n) is 2.63. The number of fused-ring (bicyclic) bond motifs is 1. The molecule has 0 fully saturated rings. The van der Waals surface area contributed by atoms with Crippen LogP contribution < -0.4 is 4.74 Å². The van der Waals surface area contributed by atoms with E-state index in [-0.39, 0.29) is 12.4 Å². The van der Waals surface area contributed by atoms with E-state index in [1.54, 1.807) is 7.11 Å². The number of nitriles is 1. The van der Waals surface area contributed by atoms with Gasteiger partial charge in [0.2, 0.25) is 0 Å². The van der Waals surface area contributed by atoms with Crippen molar-refractivity contribution < 1.29 is 4.74 Å². The molecule has 0 amide bonds. The highest BCUT2D eigenvalue weighted by Gasteiger charge is 2.13. The Morgan fingerprint density at radius 2 is 2.08 bits per heavy atom. The first-order valence-electron chi connectivity index (χ1n) is 8.18. The number of methoxy groups -OCH3 is 1. The largest absolute Gasteiger partial charge is 0.497 e. The van der Waals surface area contributed by atoms with Gasteiger partial charge in [0.1, 0.15) is 5.75 Å². The number of ether oxygens (including phenoxy) is 1. The minimum Gasteiger partial charge on any atom is -0.497 e. The van der Waals surface area contributed by atoms with Gasteiger partial charge in [0.15, 0.2) is 0 Å². The van der Waals surface area contributed by atoms with Gasteiger partial charge >= 0.3 is 0 Å². The van der Waals surface area contributed by atoms with Crippen molar-refractivity contribution in [1.29, 1.82) is 5.26 Å². The van der Waals surface area contributed by atoms with E-state index in [4.69, 9.17) is 15.0 Å². The predicted molar refractivity (Wildman–Crippen MR) is 104 cm³/mol. The maximum Gasteiger partial charge on any atom is 0.119 e. The Morgan fingerprint density at radius 1 is 1.29 bits per heavy atom. The van der Waals surface area contributed by atoms with Crippen LogP contribution in [0.3, 0.4) is 0 Å². The molecule has 2 aromatic rings. The van der Waals surface area contributed by atoms with Crippen LogP contribution in [0.1, 0.15) is 43.9 Å². The van der Waals surface area contributed by atoms with E-state index in [2.05, 4.69) is 26.0 Å². The Kier molecular flexibility index (Phi) is 8.95. The lowest BCUT2D eigenvalue weighted by Gasteiger charge is -2.15. The summed E-state index contributed by atoms with van der Waals surface area (Å²) in [7, 11) is 1.69. The van der Waals surface area contributed by atoms with Crippen LogP contribution >= 0.6 is 24.2 Å². The molecule has 5 heteroatoms. The third kappa shape index (κ3) is 5.03. The number of unbranched alkanes of at least 4 members (excludes halogenated alkanes) is 2. The number of pyridine rings is 1. The van der Waals surface area contributed by atoms with Crippen LogP contribution in [0.4, 0.5) is 0 Å². The summed E-state index contributed by atoms with van der Waals surface area (Å²) in [6.07, 6.45) is 4.94. The lowest BCUT2D eigenvalue weighted by atomic mass is 10.0. The van der Waals surface area contributed by atoms with Crippen molar-refractivity contribution in [3.8, 4) is 11.8 Å². The van der Waals surface area contributed by atoms with Crippen LogP contribution in [0.15, 0.2) is 23.1 Å². The van der Waals surface area contributed by atoms with Crippen molar-refractivity contribution in [3.63, 3.8) is 0 Å². The molecule has 0 aliphatic heterocycles. The summed E-state index contributed by atoms with van der Waals surface area (Å²) in [5.74, 6) is 1.83. The van der Waals surface area contributed by atoms with Crippen molar-refractivity contribution in [2.75, 3.05) is 12.9 Å². The average molecular weight is 365 g/mol. The molecule has 2 rings (SSSR count). The Morgan fingerprint density at radius 3 is 2.75 bits per heavy atom.